The summed E-state index contributed by atoms with van der Waals surface area (Å²) < 4.78 is 0. The lowest BCUT2D eigenvalue weighted by molar-refractivity contribution is 0.991. The summed E-state index contributed by atoms with van der Waals surface area (Å²) in [5.74, 6) is 1.57. The maximum Gasteiger partial charge on any atom is 0.224 e. The Morgan fingerprint density at radius 1 is 1.28 bits per heavy atom. The van der Waals surface area contributed by atoms with Gasteiger partial charge < -0.3 is 10.6 Å². The average molecular weight is 262 g/mol. The highest BCUT2D eigenvalue weighted by atomic mass is 32.1. The summed E-state index contributed by atoms with van der Waals surface area (Å²) >= 11 is 1.73. The van der Waals surface area contributed by atoms with E-state index in [1.54, 1.807) is 11.3 Å². The molecule has 4 nitrogen and oxygen atoms in total. The number of rotatable bonds is 6. The van der Waals surface area contributed by atoms with Crippen molar-refractivity contribution in [2.24, 2.45) is 0 Å². The normalized spacial score (nSPS) is 10.3. The van der Waals surface area contributed by atoms with E-state index in [9.17, 15) is 0 Å². The van der Waals surface area contributed by atoms with Crippen molar-refractivity contribution in [1.82, 2.24) is 9.97 Å². The first-order valence-corrected chi connectivity index (χ1v) is 7.06. The van der Waals surface area contributed by atoms with Gasteiger partial charge in [0.1, 0.15) is 5.82 Å². The monoisotopic (exact) mass is 262 g/mol. The highest BCUT2D eigenvalue weighted by Gasteiger charge is 2.01. The molecule has 0 aliphatic rings. The molecule has 5 heteroatoms. The fraction of sp³-hybridized carbons (Fsp3) is 0.385. The van der Waals surface area contributed by atoms with Crippen LogP contribution >= 0.6 is 11.3 Å². The molecule has 0 aromatic carbocycles. The third-order valence-electron chi connectivity index (χ3n) is 2.49. The van der Waals surface area contributed by atoms with Crippen molar-refractivity contribution in [3.63, 3.8) is 0 Å². The largest absolute Gasteiger partial charge is 0.370 e. The molecule has 0 unspecified atom stereocenters. The second kappa shape index (κ2) is 6.35. The Bertz CT molecular complexity index is 482. The van der Waals surface area contributed by atoms with Crippen molar-refractivity contribution >= 4 is 23.1 Å². The summed E-state index contributed by atoms with van der Waals surface area (Å²) in [7, 11) is 0. The fourth-order valence-electron chi connectivity index (χ4n) is 1.67. The van der Waals surface area contributed by atoms with Crippen molar-refractivity contribution in [2.75, 3.05) is 23.7 Å². The number of anilines is 2. The van der Waals surface area contributed by atoms with Crippen LogP contribution in [0.1, 0.15) is 18.2 Å². The highest BCUT2D eigenvalue weighted by molar-refractivity contribution is 7.07. The number of nitrogens with one attached hydrogen (secondary N) is 2. The summed E-state index contributed by atoms with van der Waals surface area (Å²) in [6.07, 6.45) is 1.02. The second-order valence-corrected chi connectivity index (χ2v) is 4.84. The molecular weight excluding hydrogens is 244 g/mol. The van der Waals surface area contributed by atoms with Gasteiger partial charge in [-0.3, -0.25) is 0 Å². The average Bonchev–Trinajstić information content (AvgIpc) is 2.82. The van der Waals surface area contributed by atoms with Gasteiger partial charge in [-0.1, -0.05) is 0 Å². The number of thiophene rings is 1. The Hall–Kier alpha value is -1.62. The molecule has 0 saturated heterocycles. The molecular formula is C13H18N4S. The molecule has 2 N–H and O–H groups in total. The summed E-state index contributed by atoms with van der Waals surface area (Å²) in [5.41, 5.74) is 2.34. The molecule has 0 amide bonds. The molecule has 0 spiro atoms. The minimum Gasteiger partial charge on any atom is -0.370 e. The number of aryl methyl sites for hydroxylation is 1. The summed E-state index contributed by atoms with van der Waals surface area (Å²) in [6.45, 7) is 5.73. The van der Waals surface area contributed by atoms with Crippen molar-refractivity contribution in [3.8, 4) is 0 Å². The molecule has 96 valence electrons. The van der Waals surface area contributed by atoms with Gasteiger partial charge in [-0.15, -0.1) is 0 Å². The van der Waals surface area contributed by atoms with E-state index >= 15 is 0 Å². The van der Waals surface area contributed by atoms with Crippen molar-refractivity contribution in [3.05, 3.63) is 34.2 Å². The summed E-state index contributed by atoms with van der Waals surface area (Å²) in [6, 6.07) is 4.12. The second-order valence-electron chi connectivity index (χ2n) is 4.06. The quantitative estimate of drug-likeness (QED) is 0.840. The molecule has 18 heavy (non-hydrogen) atoms. The maximum atomic E-state index is 4.41. The van der Waals surface area contributed by atoms with E-state index in [4.69, 9.17) is 0 Å². The lowest BCUT2D eigenvalue weighted by Gasteiger charge is -2.08. The van der Waals surface area contributed by atoms with Gasteiger partial charge in [0.25, 0.3) is 0 Å². The zero-order valence-electron chi connectivity index (χ0n) is 10.7. The van der Waals surface area contributed by atoms with Crippen LogP contribution in [0.3, 0.4) is 0 Å². The summed E-state index contributed by atoms with van der Waals surface area (Å²) in [4.78, 5) is 8.73. The fourth-order valence-corrected chi connectivity index (χ4v) is 2.37. The first-order chi connectivity index (χ1) is 8.78. The predicted octanol–water partition coefficient (Wildman–Crippen LogP) is 2.93. The first kappa shape index (κ1) is 12.8. The SMILES string of the molecule is CCNc1nc(C)cc(NCCc2ccsc2)n1. The Balaban J connectivity index is 1.92. The zero-order chi connectivity index (χ0) is 12.8. The molecule has 0 aliphatic heterocycles. The van der Waals surface area contributed by atoms with Crippen LogP contribution in [0.2, 0.25) is 0 Å². The molecule has 0 saturated carbocycles. The Morgan fingerprint density at radius 3 is 2.89 bits per heavy atom. The molecule has 2 heterocycles. The number of hydrogen-bond donors (Lipinski definition) is 2. The van der Waals surface area contributed by atoms with E-state index in [1.165, 1.54) is 5.56 Å². The number of nitrogens with zero attached hydrogens (tertiary/aromatic N) is 2. The van der Waals surface area contributed by atoms with Crippen LogP contribution in [-0.4, -0.2) is 23.1 Å². The third-order valence-corrected chi connectivity index (χ3v) is 3.22. The number of hydrogen-bond acceptors (Lipinski definition) is 5. The van der Waals surface area contributed by atoms with Gasteiger partial charge in [0, 0.05) is 24.8 Å². The van der Waals surface area contributed by atoms with E-state index in [0.29, 0.717) is 5.95 Å². The van der Waals surface area contributed by atoms with Gasteiger partial charge in [0.2, 0.25) is 5.95 Å². The van der Waals surface area contributed by atoms with Gasteiger partial charge in [-0.2, -0.15) is 16.3 Å². The lowest BCUT2D eigenvalue weighted by Crippen LogP contribution is -2.09. The molecule has 0 bridgehead atoms. The van der Waals surface area contributed by atoms with Crippen LogP contribution in [0.4, 0.5) is 11.8 Å². The molecule has 0 aliphatic carbocycles. The van der Waals surface area contributed by atoms with Gasteiger partial charge >= 0.3 is 0 Å². The third kappa shape index (κ3) is 3.70. The summed E-state index contributed by atoms with van der Waals surface area (Å²) in [5, 5.41) is 10.8. The van der Waals surface area contributed by atoms with Crippen LogP contribution in [0.5, 0.6) is 0 Å². The molecule has 2 aromatic heterocycles. The zero-order valence-corrected chi connectivity index (χ0v) is 11.5. The Labute approximate surface area is 111 Å². The van der Waals surface area contributed by atoms with E-state index in [2.05, 4.69) is 37.4 Å². The maximum absolute atomic E-state index is 4.41. The number of aromatic nitrogens is 2. The van der Waals surface area contributed by atoms with E-state index in [-0.39, 0.29) is 0 Å². The van der Waals surface area contributed by atoms with Gasteiger partial charge in [0.15, 0.2) is 0 Å². The first-order valence-electron chi connectivity index (χ1n) is 6.12. The van der Waals surface area contributed by atoms with Crippen LogP contribution in [0.15, 0.2) is 22.9 Å². The van der Waals surface area contributed by atoms with Crippen molar-refractivity contribution in [2.45, 2.75) is 20.3 Å². The van der Waals surface area contributed by atoms with Crippen molar-refractivity contribution in [1.29, 1.82) is 0 Å². The Morgan fingerprint density at radius 2 is 2.17 bits per heavy atom. The Kier molecular flexibility index (Phi) is 4.52. The lowest BCUT2D eigenvalue weighted by atomic mass is 10.2. The van der Waals surface area contributed by atoms with Gasteiger partial charge in [-0.25, -0.2) is 4.98 Å². The molecule has 2 aromatic rings. The molecule has 0 atom stereocenters. The van der Waals surface area contributed by atoms with E-state index < -0.39 is 0 Å². The van der Waals surface area contributed by atoms with E-state index in [0.717, 1.165) is 31.0 Å². The topological polar surface area (TPSA) is 49.8 Å². The van der Waals surface area contributed by atoms with Crippen LogP contribution in [0, 0.1) is 6.92 Å². The van der Waals surface area contributed by atoms with Crippen molar-refractivity contribution < 1.29 is 0 Å². The molecule has 0 radical (unpaired) electrons. The molecule has 2 rings (SSSR count). The van der Waals surface area contributed by atoms with Gasteiger partial charge in [0.05, 0.1) is 0 Å². The van der Waals surface area contributed by atoms with E-state index in [1.807, 2.05) is 19.9 Å². The smallest absolute Gasteiger partial charge is 0.224 e. The minimum atomic E-state index is 0.690. The predicted molar refractivity (Wildman–Crippen MR) is 77.4 cm³/mol. The standard InChI is InChI=1S/C13H18N4S/c1-3-14-13-16-10(2)8-12(17-13)15-6-4-11-5-7-18-9-11/h5,7-9H,3-4,6H2,1-2H3,(H2,14,15,16,17). The van der Waals surface area contributed by atoms with Crippen LogP contribution in [-0.2, 0) is 6.42 Å². The van der Waals surface area contributed by atoms with Crippen LogP contribution in [0.25, 0.3) is 0 Å². The minimum absolute atomic E-state index is 0.690. The van der Waals surface area contributed by atoms with Crippen LogP contribution < -0.4 is 10.6 Å². The highest BCUT2D eigenvalue weighted by Crippen LogP contribution is 2.10. The molecule has 0 fully saturated rings. The van der Waals surface area contributed by atoms with Gasteiger partial charge in [-0.05, 0) is 42.7 Å².